The predicted octanol–water partition coefficient (Wildman–Crippen LogP) is 3.69. The van der Waals surface area contributed by atoms with Crippen LogP contribution in [0.4, 0.5) is 0 Å². The van der Waals surface area contributed by atoms with Gasteiger partial charge in [0.2, 0.25) is 0 Å². The quantitative estimate of drug-likeness (QED) is 0.471. The van der Waals surface area contributed by atoms with Crippen LogP contribution in [0.15, 0.2) is 60.7 Å². The molecule has 2 bridgehead atoms. The first-order valence-electron chi connectivity index (χ1n) is 11.3. The minimum Gasteiger partial charge on any atom is -0.481 e. The molecule has 5 rings (SSSR count). The van der Waals surface area contributed by atoms with E-state index in [-0.39, 0.29) is 0 Å². The van der Waals surface area contributed by atoms with Gasteiger partial charge in [0, 0.05) is 11.3 Å². The van der Waals surface area contributed by atoms with Crippen LogP contribution in [0.25, 0.3) is 11.1 Å². The van der Waals surface area contributed by atoms with Gasteiger partial charge in [0.15, 0.2) is 0 Å². The molecular formula is C27H26O8. The summed E-state index contributed by atoms with van der Waals surface area (Å²) in [6.45, 7) is 3.28. The third-order valence-electron chi connectivity index (χ3n) is 7.76. The summed E-state index contributed by atoms with van der Waals surface area (Å²) in [5.41, 5.74) is 0.0756. The number of carbonyl (C=O) groups is 4. The van der Waals surface area contributed by atoms with E-state index in [0.29, 0.717) is 22.3 Å². The van der Waals surface area contributed by atoms with Gasteiger partial charge in [0.1, 0.15) is 0 Å². The lowest BCUT2D eigenvalue weighted by atomic mass is 9.37. The normalized spacial score (nSPS) is 29.7. The molecule has 1 fully saturated rings. The van der Waals surface area contributed by atoms with Gasteiger partial charge in [-0.1, -0.05) is 74.5 Å². The van der Waals surface area contributed by atoms with Crippen molar-refractivity contribution in [1.82, 2.24) is 0 Å². The molecule has 8 heteroatoms. The van der Waals surface area contributed by atoms with Gasteiger partial charge < -0.3 is 20.4 Å². The Kier molecular flexibility index (Phi) is 6.00. The van der Waals surface area contributed by atoms with E-state index in [4.69, 9.17) is 0 Å². The summed E-state index contributed by atoms with van der Waals surface area (Å²) in [5, 5.41) is 41.4. The highest BCUT2D eigenvalue weighted by Crippen LogP contribution is 2.71. The molecule has 1 saturated carbocycles. The van der Waals surface area contributed by atoms with Crippen LogP contribution >= 0.6 is 0 Å². The summed E-state index contributed by atoms with van der Waals surface area (Å²) < 4.78 is 0. The molecular weight excluding hydrogens is 452 g/mol. The molecule has 3 aliphatic rings. The van der Waals surface area contributed by atoms with Gasteiger partial charge >= 0.3 is 23.9 Å². The van der Waals surface area contributed by atoms with Crippen molar-refractivity contribution in [2.24, 2.45) is 40.9 Å². The Morgan fingerprint density at radius 1 is 0.657 bits per heavy atom. The molecule has 8 nitrogen and oxygen atoms in total. The van der Waals surface area contributed by atoms with E-state index in [2.05, 4.69) is 0 Å². The zero-order valence-corrected chi connectivity index (χ0v) is 19.2. The Bertz CT molecular complexity index is 1170. The Hall–Kier alpha value is -3.94. The van der Waals surface area contributed by atoms with Crippen LogP contribution in [0.2, 0.25) is 0 Å². The fourth-order valence-corrected chi connectivity index (χ4v) is 6.78. The van der Waals surface area contributed by atoms with E-state index >= 15 is 0 Å². The smallest absolute Gasteiger partial charge is 0.308 e. The van der Waals surface area contributed by atoms with Crippen LogP contribution in [0, 0.1) is 40.9 Å². The van der Waals surface area contributed by atoms with Crippen LogP contribution in [-0.4, -0.2) is 44.3 Å². The van der Waals surface area contributed by atoms with E-state index in [1.165, 1.54) is 0 Å². The van der Waals surface area contributed by atoms with E-state index in [9.17, 15) is 39.6 Å². The van der Waals surface area contributed by atoms with Crippen LogP contribution < -0.4 is 0 Å². The van der Waals surface area contributed by atoms with Crippen molar-refractivity contribution in [2.45, 2.75) is 13.8 Å². The van der Waals surface area contributed by atoms with Gasteiger partial charge in [-0.05, 0) is 28.2 Å². The summed E-state index contributed by atoms with van der Waals surface area (Å²) in [4.78, 5) is 50.9. The first kappa shape index (κ1) is 24.2. The molecule has 182 valence electrons. The third kappa shape index (κ3) is 3.35. The highest BCUT2D eigenvalue weighted by Gasteiger charge is 2.73. The minimum absolute atomic E-state index is 0.389. The lowest BCUT2D eigenvalue weighted by Gasteiger charge is -2.62. The molecule has 0 spiro atoms. The lowest BCUT2D eigenvalue weighted by molar-refractivity contribution is -0.190. The molecule has 0 radical (unpaired) electrons. The van der Waals surface area contributed by atoms with Gasteiger partial charge in [-0.25, -0.2) is 0 Å². The number of carboxylic acid groups (broad SMARTS) is 4. The number of hydrogen-bond donors (Lipinski definition) is 4. The highest BCUT2D eigenvalue weighted by molar-refractivity contribution is 6.06. The van der Waals surface area contributed by atoms with Gasteiger partial charge in [0.25, 0.3) is 0 Å². The Balaban J connectivity index is 2.30. The van der Waals surface area contributed by atoms with Crippen LogP contribution in [0.3, 0.4) is 0 Å². The van der Waals surface area contributed by atoms with Crippen molar-refractivity contribution in [1.29, 1.82) is 0 Å². The molecule has 35 heavy (non-hydrogen) atoms. The van der Waals surface area contributed by atoms with Gasteiger partial charge in [-0.15, -0.1) is 0 Å². The highest BCUT2D eigenvalue weighted by atomic mass is 16.4. The molecule has 2 aromatic carbocycles. The number of hydrogen-bond acceptors (Lipinski definition) is 4. The number of rotatable bonds is 7. The predicted molar refractivity (Wildman–Crippen MR) is 125 cm³/mol. The second-order valence-corrected chi connectivity index (χ2v) is 9.49. The van der Waals surface area contributed by atoms with Gasteiger partial charge in [-0.2, -0.15) is 0 Å². The SMILES string of the molecule is CC(C)C12C(c3ccccc3)=C(c3ccccc3)C(C(C(=O)O)C1C(=O)O)C(C(=O)O)C2C(=O)O. The van der Waals surface area contributed by atoms with E-state index < -0.39 is 64.8 Å². The largest absolute Gasteiger partial charge is 0.481 e. The fraction of sp³-hybridized carbons (Fsp3) is 0.333. The standard InChI is InChI=1S/C27H26O8/c1-13(2)27-20(15-11-7-4-8-12-15)16(14-9-5-3-6-10-14)17(18(23(28)29)21(27)25(32)33)19(24(30)31)22(27)26(34)35/h3-13,17-19,21-22H,1-2H3,(H,28,29)(H,30,31)(H,32,33)(H,34,35). The molecule has 0 heterocycles. The van der Waals surface area contributed by atoms with Crippen molar-refractivity contribution < 1.29 is 39.6 Å². The Morgan fingerprint density at radius 2 is 1.06 bits per heavy atom. The summed E-state index contributed by atoms with van der Waals surface area (Å²) >= 11 is 0. The second-order valence-electron chi connectivity index (χ2n) is 9.49. The average Bonchev–Trinajstić information content (AvgIpc) is 2.82. The van der Waals surface area contributed by atoms with E-state index in [1.807, 2.05) is 0 Å². The molecule has 4 atom stereocenters. The minimum atomic E-state index is -1.81. The van der Waals surface area contributed by atoms with Crippen molar-refractivity contribution >= 4 is 35.0 Å². The maximum absolute atomic E-state index is 12.8. The number of aliphatic carboxylic acids is 4. The summed E-state index contributed by atoms with van der Waals surface area (Å²) in [6.07, 6.45) is 0. The summed E-state index contributed by atoms with van der Waals surface area (Å²) in [7, 11) is 0. The molecule has 0 saturated heterocycles. The summed E-state index contributed by atoms with van der Waals surface area (Å²) in [6, 6.07) is 17.3. The van der Waals surface area contributed by atoms with Gasteiger partial charge in [0.05, 0.1) is 23.7 Å². The maximum Gasteiger partial charge on any atom is 0.308 e. The third-order valence-corrected chi connectivity index (χ3v) is 7.76. The number of fused-ring (bicyclic) bond motifs is 2. The van der Waals surface area contributed by atoms with Crippen molar-refractivity contribution in [3.63, 3.8) is 0 Å². The van der Waals surface area contributed by atoms with Crippen LogP contribution in [-0.2, 0) is 19.2 Å². The van der Waals surface area contributed by atoms with E-state index in [0.717, 1.165) is 0 Å². The molecule has 3 aliphatic carbocycles. The fourth-order valence-electron chi connectivity index (χ4n) is 6.78. The first-order chi connectivity index (χ1) is 16.6. The van der Waals surface area contributed by atoms with Crippen molar-refractivity contribution in [3.8, 4) is 0 Å². The monoisotopic (exact) mass is 478 g/mol. The van der Waals surface area contributed by atoms with Crippen LogP contribution in [0.1, 0.15) is 25.0 Å². The average molecular weight is 478 g/mol. The van der Waals surface area contributed by atoms with Crippen molar-refractivity contribution in [3.05, 3.63) is 71.8 Å². The Morgan fingerprint density at radius 3 is 1.40 bits per heavy atom. The second kappa shape index (κ2) is 8.69. The molecule has 0 amide bonds. The number of benzene rings is 2. The zero-order valence-electron chi connectivity index (χ0n) is 19.2. The molecule has 0 aromatic heterocycles. The van der Waals surface area contributed by atoms with Crippen LogP contribution in [0.5, 0.6) is 0 Å². The lowest BCUT2D eigenvalue weighted by Crippen LogP contribution is -2.67. The number of carboxylic acids is 4. The molecule has 0 aliphatic heterocycles. The van der Waals surface area contributed by atoms with Gasteiger partial charge in [-0.3, -0.25) is 19.2 Å². The molecule has 2 aromatic rings. The topological polar surface area (TPSA) is 149 Å². The first-order valence-corrected chi connectivity index (χ1v) is 11.3. The zero-order chi connectivity index (χ0) is 25.7. The number of allylic oxidation sites excluding steroid dienone is 2. The molecule has 4 N–H and O–H groups in total. The van der Waals surface area contributed by atoms with Crippen molar-refractivity contribution in [2.75, 3.05) is 0 Å². The summed E-state index contributed by atoms with van der Waals surface area (Å²) in [5.74, 6) is -14.5. The Labute approximate surface area is 201 Å². The molecule has 4 unspecified atom stereocenters. The maximum atomic E-state index is 12.8. The van der Waals surface area contributed by atoms with E-state index in [1.54, 1.807) is 74.5 Å².